The summed E-state index contributed by atoms with van der Waals surface area (Å²) in [6.45, 7) is 5.12. The molecule has 3 amide bonds. The van der Waals surface area contributed by atoms with Crippen LogP contribution < -0.4 is 10.6 Å². The minimum Gasteiger partial charge on any atom is -0.344 e. The van der Waals surface area contributed by atoms with Crippen molar-refractivity contribution in [1.29, 1.82) is 0 Å². The van der Waals surface area contributed by atoms with Gasteiger partial charge >= 0.3 is 6.18 Å². The second-order valence-electron chi connectivity index (χ2n) is 10.7. The standard InChI is InChI=1S/C28H29F4N3O3/c1-14-12-24(35(15(14)2)26(38)18-6-4-5-7-23(18)33-16(3)36)25(37)34-27(19-10-11-20(19)27)21-9-8-17(13-22(21)29)28(30,31)32/h4-9,13-15,19-20,24H,10-12H2,1-3H3,(H,33,36)(H,34,37)/t14-,15-,19?,20?,24-,27?/m1/s1. The van der Waals surface area contributed by atoms with Gasteiger partial charge in [0, 0.05) is 18.5 Å². The van der Waals surface area contributed by atoms with Crippen molar-refractivity contribution in [1.82, 2.24) is 10.2 Å². The van der Waals surface area contributed by atoms with Crippen molar-refractivity contribution >= 4 is 23.4 Å². The van der Waals surface area contributed by atoms with Gasteiger partial charge in [0.1, 0.15) is 11.9 Å². The molecule has 0 aromatic heterocycles. The minimum atomic E-state index is -4.68. The largest absolute Gasteiger partial charge is 0.416 e. The fourth-order valence-corrected chi connectivity index (χ4v) is 6.35. The summed E-state index contributed by atoms with van der Waals surface area (Å²) >= 11 is 0. The second-order valence-corrected chi connectivity index (χ2v) is 10.7. The van der Waals surface area contributed by atoms with E-state index in [-0.39, 0.29) is 40.8 Å². The molecule has 2 aromatic rings. The molecule has 5 atom stereocenters. The van der Waals surface area contributed by atoms with E-state index in [0.29, 0.717) is 18.2 Å². The molecule has 1 heterocycles. The van der Waals surface area contributed by atoms with Crippen LogP contribution in [-0.4, -0.2) is 34.7 Å². The van der Waals surface area contributed by atoms with E-state index in [1.807, 2.05) is 13.8 Å². The van der Waals surface area contributed by atoms with Gasteiger partial charge < -0.3 is 15.5 Å². The van der Waals surface area contributed by atoms with Crippen LogP contribution in [0.2, 0.25) is 0 Å². The summed E-state index contributed by atoms with van der Waals surface area (Å²) < 4.78 is 54.4. The fraction of sp³-hybridized carbons (Fsp3) is 0.464. The van der Waals surface area contributed by atoms with Crippen molar-refractivity contribution in [2.45, 2.75) is 63.8 Å². The topological polar surface area (TPSA) is 78.5 Å². The van der Waals surface area contributed by atoms with Crippen molar-refractivity contribution in [3.05, 3.63) is 65.0 Å². The lowest BCUT2D eigenvalue weighted by atomic mass is 9.98. The Kier molecular flexibility index (Phi) is 6.27. The number of anilines is 1. The first-order valence-corrected chi connectivity index (χ1v) is 12.7. The number of carbonyl (C=O) groups excluding carboxylic acids is 3. The Morgan fingerprint density at radius 1 is 1.03 bits per heavy atom. The second kappa shape index (κ2) is 9.10. The van der Waals surface area contributed by atoms with Gasteiger partial charge in [-0.25, -0.2) is 4.39 Å². The molecule has 38 heavy (non-hydrogen) atoms. The number of nitrogens with zero attached hydrogens (tertiary/aromatic N) is 1. The lowest BCUT2D eigenvalue weighted by Gasteiger charge is -2.31. The SMILES string of the molecule is CC(=O)Nc1ccccc1C(=O)N1[C@@H](C(=O)NC2(c3ccc(C(F)(F)F)cc3F)C3CCC32)C[C@@H](C)[C@H]1C. The first kappa shape index (κ1) is 26.2. The van der Waals surface area contributed by atoms with Crippen molar-refractivity contribution in [3.63, 3.8) is 0 Å². The van der Waals surface area contributed by atoms with Gasteiger partial charge in [-0.1, -0.05) is 25.1 Å². The number of halogens is 4. The van der Waals surface area contributed by atoms with E-state index in [0.717, 1.165) is 25.0 Å². The Bertz CT molecular complexity index is 1300. The lowest BCUT2D eigenvalue weighted by molar-refractivity contribution is -0.137. The number of benzene rings is 2. The maximum Gasteiger partial charge on any atom is 0.416 e. The maximum atomic E-state index is 15.1. The lowest BCUT2D eigenvalue weighted by Crippen LogP contribution is -2.51. The monoisotopic (exact) mass is 531 g/mol. The van der Waals surface area contributed by atoms with Crippen LogP contribution in [0.3, 0.4) is 0 Å². The number of likely N-dealkylation sites (tertiary alicyclic amines) is 1. The van der Waals surface area contributed by atoms with Crippen LogP contribution in [0, 0.1) is 23.6 Å². The summed E-state index contributed by atoms with van der Waals surface area (Å²) in [5.41, 5.74) is -1.53. The van der Waals surface area contributed by atoms with Crippen LogP contribution in [0.25, 0.3) is 0 Å². The summed E-state index contributed by atoms with van der Waals surface area (Å²) in [6.07, 6.45) is -2.84. The molecular formula is C28H29F4N3O3. The Hall–Kier alpha value is -3.43. The number of para-hydroxylation sites is 1. The van der Waals surface area contributed by atoms with Gasteiger partial charge in [0.15, 0.2) is 0 Å². The average molecular weight is 532 g/mol. The zero-order chi connectivity index (χ0) is 27.6. The molecule has 10 heteroatoms. The third-order valence-electron chi connectivity index (χ3n) is 8.61. The third kappa shape index (κ3) is 4.14. The van der Waals surface area contributed by atoms with Crippen molar-refractivity contribution in [2.75, 3.05) is 5.32 Å². The molecule has 0 spiro atoms. The number of hydrogen-bond acceptors (Lipinski definition) is 3. The number of alkyl halides is 3. The molecule has 5 rings (SSSR count). The quantitative estimate of drug-likeness (QED) is 0.528. The minimum absolute atomic E-state index is 0.0164. The molecule has 2 aliphatic carbocycles. The first-order valence-electron chi connectivity index (χ1n) is 12.7. The van der Waals surface area contributed by atoms with Gasteiger partial charge in [0.05, 0.1) is 22.4 Å². The summed E-state index contributed by atoms with van der Waals surface area (Å²) in [7, 11) is 0. The Morgan fingerprint density at radius 3 is 2.26 bits per heavy atom. The molecule has 202 valence electrons. The van der Waals surface area contributed by atoms with Crippen molar-refractivity contribution in [2.24, 2.45) is 17.8 Å². The smallest absolute Gasteiger partial charge is 0.344 e. The summed E-state index contributed by atoms with van der Waals surface area (Å²) in [4.78, 5) is 40.7. The van der Waals surface area contributed by atoms with Crippen molar-refractivity contribution in [3.8, 4) is 0 Å². The van der Waals surface area contributed by atoms with E-state index in [1.54, 1.807) is 24.3 Å². The van der Waals surface area contributed by atoms with Crippen LogP contribution in [0.15, 0.2) is 42.5 Å². The van der Waals surface area contributed by atoms with Crippen LogP contribution in [-0.2, 0) is 21.3 Å². The molecule has 0 bridgehead atoms. The highest BCUT2D eigenvalue weighted by molar-refractivity contribution is 6.05. The molecule has 2 saturated carbocycles. The van der Waals surface area contributed by atoms with E-state index in [1.165, 1.54) is 11.8 Å². The molecule has 1 saturated heterocycles. The molecular weight excluding hydrogens is 502 g/mol. The van der Waals surface area contributed by atoms with E-state index >= 15 is 4.39 Å². The zero-order valence-electron chi connectivity index (χ0n) is 21.2. The summed E-state index contributed by atoms with van der Waals surface area (Å²) in [5.74, 6) is -2.35. The van der Waals surface area contributed by atoms with Crippen LogP contribution in [0.5, 0.6) is 0 Å². The Labute approximate surface area is 217 Å². The van der Waals surface area contributed by atoms with Gasteiger partial charge in [0.25, 0.3) is 5.91 Å². The van der Waals surface area contributed by atoms with E-state index in [2.05, 4.69) is 10.6 Å². The molecule has 2 aromatic carbocycles. The number of rotatable bonds is 5. The highest BCUT2D eigenvalue weighted by Gasteiger charge is 2.72. The molecule has 3 fully saturated rings. The third-order valence-corrected chi connectivity index (χ3v) is 8.61. The Balaban J connectivity index is 1.44. The summed E-state index contributed by atoms with van der Waals surface area (Å²) in [5, 5.41) is 5.64. The molecule has 3 aliphatic rings. The molecule has 0 radical (unpaired) electrons. The normalized spacial score (nSPS) is 29.8. The Morgan fingerprint density at radius 2 is 1.68 bits per heavy atom. The van der Waals surface area contributed by atoms with E-state index in [4.69, 9.17) is 0 Å². The molecule has 1 aliphatic heterocycles. The van der Waals surface area contributed by atoms with Crippen LogP contribution in [0.1, 0.15) is 61.5 Å². The number of fused-ring (bicyclic) bond motifs is 1. The zero-order valence-corrected chi connectivity index (χ0v) is 21.2. The fourth-order valence-electron chi connectivity index (χ4n) is 6.35. The van der Waals surface area contributed by atoms with Gasteiger partial charge in [-0.05, 0) is 68.2 Å². The van der Waals surface area contributed by atoms with Crippen LogP contribution in [0.4, 0.5) is 23.2 Å². The van der Waals surface area contributed by atoms with Gasteiger partial charge in [-0.2, -0.15) is 13.2 Å². The van der Waals surface area contributed by atoms with E-state index in [9.17, 15) is 27.6 Å². The predicted molar refractivity (Wildman–Crippen MR) is 131 cm³/mol. The van der Waals surface area contributed by atoms with Crippen molar-refractivity contribution < 1.29 is 31.9 Å². The molecule has 2 unspecified atom stereocenters. The average Bonchev–Trinajstić information content (AvgIpc) is 3.10. The first-order chi connectivity index (χ1) is 17.9. The highest BCUT2D eigenvalue weighted by Crippen LogP contribution is 2.70. The molecule has 2 N–H and O–H groups in total. The predicted octanol–water partition coefficient (Wildman–Crippen LogP) is 5.09. The summed E-state index contributed by atoms with van der Waals surface area (Å²) in [6, 6.07) is 7.86. The van der Waals surface area contributed by atoms with Gasteiger partial charge in [-0.15, -0.1) is 0 Å². The van der Waals surface area contributed by atoms with E-state index < -0.39 is 41.0 Å². The number of hydrogen-bond donors (Lipinski definition) is 2. The van der Waals surface area contributed by atoms with Crippen LogP contribution >= 0.6 is 0 Å². The van der Waals surface area contributed by atoms with Gasteiger partial charge in [-0.3, -0.25) is 14.4 Å². The number of carbonyl (C=O) groups is 3. The number of nitrogens with one attached hydrogen (secondary N) is 2. The highest BCUT2D eigenvalue weighted by atomic mass is 19.4. The maximum absolute atomic E-state index is 15.1. The molecule has 6 nitrogen and oxygen atoms in total. The van der Waals surface area contributed by atoms with Gasteiger partial charge in [0.2, 0.25) is 11.8 Å². The number of amides is 3.